The largest absolute Gasteiger partial charge is 0.484 e. The number of carbonyl (C=O) groups excluding carboxylic acids is 1. The van der Waals surface area contributed by atoms with Crippen molar-refractivity contribution in [3.63, 3.8) is 0 Å². The smallest absolute Gasteiger partial charge is 0.262 e. The molecule has 1 N–H and O–H groups in total. The molecule has 0 unspecified atom stereocenters. The number of amides is 1. The fourth-order valence-corrected chi connectivity index (χ4v) is 2.62. The summed E-state index contributed by atoms with van der Waals surface area (Å²) in [7, 11) is 0. The molecular formula is C24H21N3O2. The number of hydrogen-bond acceptors (Lipinski definition) is 4. The number of benzene rings is 3. The van der Waals surface area contributed by atoms with Crippen molar-refractivity contribution in [1.82, 2.24) is 0 Å². The van der Waals surface area contributed by atoms with Crippen LogP contribution in [0.3, 0.4) is 0 Å². The monoisotopic (exact) mass is 383 g/mol. The lowest BCUT2D eigenvalue weighted by Gasteiger charge is -2.09. The summed E-state index contributed by atoms with van der Waals surface area (Å²) in [5.41, 5.74) is 5.25. The summed E-state index contributed by atoms with van der Waals surface area (Å²) >= 11 is 0. The van der Waals surface area contributed by atoms with Gasteiger partial charge in [0.2, 0.25) is 0 Å². The topological polar surface area (TPSA) is 74.5 Å². The normalized spacial score (nSPS) is 10.5. The first-order chi connectivity index (χ1) is 14.0. The molecule has 0 heterocycles. The Balaban J connectivity index is 1.57. The predicted molar refractivity (Wildman–Crippen MR) is 115 cm³/mol. The molecule has 0 spiro atoms. The third-order valence-electron chi connectivity index (χ3n) is 4.38. The summed E-state index contributed by atoms with van der Waals surface area (Å²) in [4.78, 5) is 16.5. The van der Waals surface area contributed by atoms with Crippen molar-refractivity contribution < 1.29 is 9.53 Å². The standard InChI is InChI=1S/C24H21N3O2/c1-17-6-9-22(12-18(17)2)27-24(28)16-29-23-5-3-4-20(13-23)15-26-21-10-7-19(14-25)8-11-21/h3-13,15H,16H2,1-2H3,(H,27,28). The number of anilines is 1. The Labute approximate surface area is 170 Å². The van der Waals surface area contributed by atoms with Crippen molar-refractivity contribution in [2.24, 2.45) is 4.99 Å². The molecule has 0 aliphatic carbocycles. The second-order valence-corrected chi connectivity index (χ2v) is 6.63. The zero-order valence-corrected chi connectivity index (χ0v) is 16.3. The molecular weight excluding hydrogens is 362 g/mol. The molecule has 0 fully saturated rings. The Hall–Kier alpha value is -3.91. The van der Waals surface area contributed by atoms with Crippen LogP contribution >= 0.6 is 0 Å². The van der Waals surface area contributed by atoms with E-state index < -0.39 is 0 Å². The zero-order valence-electron chi connectivity index (χ0n) is 16.3. The molecule has 3 aromatic carbocycles. The van der Waals surface area contributed by atoms with E-state index in [1.807, 2.05) is 50.2 Å². The molecule has 0 atom stereocenters. The van der Waals surface area contributed by atoms with Gasteiger partial charge in [0.25, 0.3) is 5.91 Å². The fourth-order valence-electron chi connectivity index (χ4n) is 2.62. The molecule has 0 aliphatic rings. The number of carbonyl (C=O) groups is 1. The van der Waals surface area contributed by atoms with Crippen LogP contribution in [0.2, 0.25) is 0 Å². The minimum Gasteiger partial charge on any atom is -0.484 e. The minimum absolute atomic E-state index is 0.0802. The van der Waals surface area contributed by atoms with Crippen molar-refractivity contribution in [2.45, 2.75) is 13.8 Å². The SMILES string of the molecule is Cc1ccc(NC(=O)COc2cccc(C=Nc3ccc(C#N)cc3)c2)cc1C. The molecule has 1 amide bonds. The highest BCUT2D eigenvalue weighted by atomic mass is 16.5. The second kappa shape index (κ2) is 9.34. The van der Waals surface area contributed by atoms with Crippen molar-refractivity contribution >= 4 is 23.5 Å². The highest BCUT2D eigenvalue weighted by molar-refractivity contribution is 5.92. The van der Waals surface area contributed by atoms with E-state index in [1.165, 1.54) is 5.56 Å². The van der Waals surface area contributed by atoms with E-state index in [-0.39, 0.29) is 12.5 Å². The van der Waals surface area contributed by atoms with Gasteiger partial charge < -0.3 is 10.1 Å². The molecule has 3 aromatic rings. The van der Waals surface area contributed by atoms with E-state index in [1.54, 1.807) is 36.5 Å². The van der Waals surface area contributed by atoms with Gasteiger partial charge in [0.05, 0.1) is 17.3 Å². The first-order valence-electron chi connectivity index (χ1n) is 9.18. The summed E-state index contributed by atoms with van der Waals surface area (Å²) in [6.07, 6.45) is 1.71. The van der Waals surface area contributed by atoms with E-state index >= 15 is 0 Å². The molecule has 0 aliphatic heterocycles. The quantitative estimate of drug-likeness (QED) is 0.613. The average Bonchev–Trinajstić information content (AvgIpc) is 2.74. The predicted octanol–water partition coefficient (Wildman–Crippen LogP) is 4.94. The van der Waals surface area contributed by atoms with Gasteiger partial charge in [-0.25, -0.2) is 0 Å². The second-order valence-electron chi connectivity index (χ2n) is 6.63. The third-order valence-corrected chi connectivity index (χ3v) is 4.38. The Kier molecular flexibility index (Phi) is 6.39. The van der Waals surface area contributed by atoms with Crippen LogP contribution < -0.4 is 10.1 Å². The van der Waals surface area contributed by atoms with Gasteiger partial charge in [0.15, 0.2) is 6.61 Å². The van der Waals surface area contributed by atoms with Crippen molar-refractivity contribution in [3.8, 4) is 11.8 Å². The van der Waals surface area contributed by atoms with Gasteiger partial charge in [-0.1, -0.05) is 18.2 Å². The number of hydrogen-bond donors (Lipinski definition) is 1. The Morgan fingerprint density at radius 3 is 2.59 bits per heavy atom. The molecule has 5 nitrogen and oxygen atoms in total. The summed E-state index contributed by atoms with van der Waals surface area (Å²) in [5, 5.41) is 11.7. The Morgan fingerprint density at radius 1 is 1.07 bits per heavy atom. The van der Waals surface area contributed by atoms with Crippen LogP contribution in [0.4, 0.5) is 11.4 Å². The maximum atomic E-state index is 12.1. The average molecular weight is 383 g/mol. The maximum Gasteiger partial charge on any atom is 0.262 e. The summed E-state index contributed by atoms with van der Waals surface area (Å²) < 4.78 is 5.61. The van der Waals surface area contributed by atoms with Crippen molar-refractivity contribution in [2.75, 3.05) is 11.9 Å². The highest BCUT2D eigenvalue weighted by Gasteiger charge is 2.05. The van der Waals surface area contributed by atoms with Gasteiger partial charge >= 0.3 is 0 Å². The van der Waals surface area contributed by atoms with E-state index in [4.69, 9.17) is 10.00 Å². The van der Waals surface area contributed by atoms with Crippen LogP contribution in [0.5, 0.6) is 5.75 Å². The first kappa shape index (κ1) is 19.8. The number of nitrogens with zero attached hydrogens (tertiary/aromatic N) is 2. The van der Waals surface area contributed by atoms with Crippen LogP contribution in [0, 0.1) is 25.2 Å². The molecule has 0 saturated heterocycles. The lowest BCUT2D eigenvalue weighted by Crippen LogP contribution is -2.20. The molecule has 3 rings (SSSR count). The van der Waals surface area contributed by atoms with E-state index in [0.29, 0.717) is 11.3 Å². The fraction of sp³-hybridized carbons (Fsp3) is 0.125. The van der Waals surface area contributed by atoms with Gasteiger partial charge in [0, 0.05) is 11.9 Å². The third kappa shape index (κ3) is 5.78. The van der Waals surface area contributed by atoms with Gasteiger partial charge in [-0.15, -0.1) is 0 Å². The summed E-state index contributed by atoms with van der Waals surface area (Å²) in [5.74, 6) is 0.369. The molecule has 5 heteroatoms. The number of rotatable bonds is 6. The number of aliphatic imine (C=N–C) groups is 1. The molecule has 0 bridgehead atoms. The Bertz CT molecular complexity index is 1080. The van der Waals surface area contributed by atoms with Gasteiger partial charge in [-0.2, -0.15) is 5.26 Å². The van der Waals surface area contributed by atoms with E-state index in [2.05, 4.69) is 16.4 Å². The molecule has 0 saturated carbocycles. The molecule has 144 valence electrons. The van der Waals surface area contributed by atoms with Gasteiger partial charge in [-0.05, 0) is 79.1 Å². The lowest BCUT2D eigenvalue weighted by molar-refractivity contribution is -0.118. The van der Waals surface area contributed by atoms with E-state index in [9.17, 15) is 4.79 Å². The molecule has 29 heavy (non-hydrogen) atoms. The first-order valence-corrected chi connectivity index (χ1v) is 9.18. The minimum atomic E-state index is -0.218. The van der Waals surface area contributed by atoms with E-state index in [0.717, 1.165) is 22.5 Å². The number of nitrogens with one attached hydrogen (secondary N) is 1. The van der Waals surface area contributed by atoms with Crippen LogP contribution in [0.15, 0.2) is 71.7 Å². The van der Waals surface area contributed by atoms with Crippen LogP contribution in [-0.2, 0) is 4.79 Å². The summed E-state index contributed by atoms with van der Waals surface area (Å²) in [6.45, 7) is 3.96. The van der Waals surface area contributed by atoms with Crippen molar-refractivity contribution in [3.05, 3.63) is 89.0 Å². The van der Waals surface area contributed by atoms with Crippen LogP contribution in [0.25, 0.3) is 0 Å². The van der Waals surface area contributed by atoms with Gasteiger partial charge in [-0.3, -0.25) is 9.79 Å². The van der Waals surface area contributed by atoms with Crippen molar-refractivity contribution in [1.29, 1.82) is 5.26 Å². The zero-order chi connectivity index (χ0) is 20.6. The number of aryl methyl sites for hydroxylation is 2. The molecule has 0 radical (unpaired) electrons. The summed E-state index contributed by atoms with van der Waals surface area (Å²) in [6, 6.07) is 22.2. The lowest BCUT2D eigenvalue weighted by atomic mass is 10.1. The maximum absolute atomic E-state index is 12.1. The van der Waals surface area contributed by atoms with Crippen LogP contribution in [-0.4, -0.2) is 18.7 Å². The number of nitriles is 1. The Morgan fingerprint density at radius 2 is 1.86 bits per heavy atom. The molecule has 0 aromatic heterocycles. The highest BCUT2D eigenvalue weighted by Crippen LogP contribution is 2.16. The number of ether oxygens (including phenoxy) is 1. The van der Waals surface area contributed by atoms with Crippen LogP contribution in [0.1, 0.15) is 22.3 Å². The van der Waals surface area contributed by atoms with Gasteiger partial charge in [0.1, 0.15) is 5.75 Å².